The van der Waals surface area contributed by atoms with Crippen molar-refractivity contribution < 1.29 is 9.53 Å². The lowest BCUT2D eigenvalue weighted by Gasteiger charge is -2.15. The number of pyridine rings is 1. The minimum absolute atomic E-state index is 0.300. The molecule has 9 heteroatoms. The third-order valence-corrected chi connectivity index (χ3v) is 5.11. The first kappa shape index (κ1) is 19.0. The summed E-state index contributed by atoms with van der Waals surface area (Å²) in [6.07, 6.45) is 7.27. The van der Waals surface area contributed by atoms with Crippen molar-refractivity contribution in [1.82, 2.24) is 29.5 Å². The highest BCUT2D eigenvalue weighted by atomic mass is 16.5. The van der Waals surface area contributed by atoms with Crippen molar-refractivity contribution in [3.05, 3.63) is 60.6 Å². The molecule has 5 rings (SSSR count). The number of hydrogen-bond acceptors (Lipinski definition) is 6. The molecule has 4 aromatic rings. The molecule has 1 aliphatic rings. The van der Waals surface area contributed by atoms with Gasteiger partial charge in [-0.05, 0) is 43.2 Å². The van der Waals surface area contributed by atoms with Crippen molar-refractivity contribution in [1.29, 1.82) is 0 Å². The van der Waals surface area contributed by atoms with Gasteiger partial charge in [-0.3, -0.25) is 9.48 Å². The van der Waals surface area contributed by atoms with Crippen molar-refractivity contribution in [3.63, 3.8) is 0 Å². The maximum absolute atomic E-state index is 13.2. The number of benzene rings is 1. The van der Waals surface area contributed by atoms with Crippen LogP contribution in [0.2, 0.25) is 0 Å². The van der Waals surface area contributed by atoms with E-state index in [-0.39, 0.29) is 5.91 Å². The normalized spacial score (nSPS) is 14.0. The minimum atomic E-state index is -0.300. The molecule has 0 unspecified atom stereocenters. The number of nitrogens with zero attached hydrogens (tertiary/aromatic N) is 6. The Kier molecular flexibility index (Phi) is 4.91. The number of aryl methyl sites for hydroxylation is 2. The second-order valence-corrected chi connectivity index (χ2v) is 7.35. The highest BCUT2D eigenvalue weighted by Crippen LogP contribution is 2.27. The molecule has 1 amide bonds. The second-order valence-electron chi connectivity index (χ2n) is 7.35. The van der Waals surface area contributed by atoms with E-state index in [1.807, 2.05) is 30.5 Å². The molecule has 3 aromatic heterocycles. The topological polar surface area (TPSA) is 99.8 Å². The van der Waals surface area contributed by atoms with E-state index in [2.05, 4.69) is 30.2 Å². The molecule has 0 saturated carbocycles. The molecule has 0 spiro atoms. The monoisotopic (exact) mass is 415 g/mol. The summed E-state index contributed by atoms with van der Waals surface area (Å²) in [6.45, 7) is 1.33. The van der Waals surface area contributed by atoms with Crippen LogP contribution in [0.1, 0.15) is 23.2 Å². The van der Waals surface area contributed by atoms with Gasteiger partial charge in [-0.15, -0.1) is 5.10 Å². The summed E-state index contributed by atoms with van der Waals surface area (Å²) in [5.41, 5.74) is 2.61. The lowest BCUT2D eigenvalue weighted by molar-refractivity contribution is 0.102. The van der Waals surface area contributed by atoms with Crippen LogP contribution in [0.4, 0.5) is 5.82 Å². The third-order valence-electron chi connectivity index (χ3n) is 5.11. The molecule has 156 valence electrons. The fourth-order valence-corrected chi connectivity index (χ4v) is 3.57. The van der Waals surface area contributed by atoms with E-state index < -0.39 is 0 Å². The maximum atomic E-state index is 13.2. The highest BCUT2D eigenvalue weighted by molar-refractivity contribution is 6.06. The van der Waals surface area contributed by atoms with Gasteiger partial charge < -0.3 is 14.6 Å². The lowest BCUT2D eigenvalue weighted by atomic mass is 10.1. The van der Waals surface area contributed by atoms with Crippen molar-refractivity contribution in [2.45, 2.75) is 19.4 Å². The first-order valence-corrected chi connectivity index (χ1v) is 10.1. The lowest BCUT2D eigenvalue weighted by Crippen LogP contribution is -2.16. The van der Waals surface area contributed by atoms with Crippen molar-refractivity contribution in [2.24, 2.45) is 7.05 Å². The Morgan fingerprint density at radius 2 is 2.06 bits per heavy atom. The van der Waals surface area contributed by atoms with Gasteiger partial charge in [0.2, 0.25) is 0 Å². The van der Waals surface area contributed by atoms with Crippen molar-refractivity contribution in [3.8, 4) is 28.5 Å². The van der Waals surface area contributed by atoms with Gasteiger partial charge in [0.1, 0.15) is 23.0 Å². The van der Waals surface area contributed by atoms with Crippen LogP contribution in [-0.4, -0.2) is 42.0 Å². The quantitative estimate of drug-likeness (QED) is 0.513. The van der Waals surface area contributed by atoms with Crippen LogP contribution in [0.5, 0.6) is 5.75 Å². The zero-order chi connectivity index (χ0) is 21.2. The van der Waals surface area contributed by atoms with Crippen LogP contribution < -0.4 is 10.1 Å². The summed E-state index contributed by atoms with van der Waals surface area (Å²) in [5, 5.41) is 11.0. The molecule has 0 fully saturated rings. The largest absolute Gasteiger partial charge is 0.493 e. The Morgan fingerprint density at radius 1 is 1.13 bits per heavy atom. The fraction of sp³-hybridized carbons (Fsp3) is 0.227. The summed E-state index contributed by atoms with van der Waals surface area (Å²) >= 11 is 0. The van der Waals surface area contributed by atoms with E-state index >= 15 is 0 Å². The average Bonchev–Trinajstić information content (AvgIpc) is 3.42. The Bertz CT molecular complexity index is 1240. The van der Waals surface area contributed by atoms with Crippen LogP contribution in [-0.2, 0) is 13.6 Å². The minimum Gasteiger partial charge on any atom is -0.493 e. The number of imidazole rings is 1. The second kappa shape index (κ2) is 8.02. The standard InChI is InChI=1S/C22H21N7O2/c1-28-14-18(26-27-28)15-7-8-19-16(13-15)22(30)25-20-6-4-5-17(24-20)21-23-9-11-29(21)10-2-3-12-31-19/h4-9,11,13-14H,2-3,10,12H2,1H3,(H,24,25,30). The Labute approximate surface area is 178 Å². The van der Waals surface area contributed by atoms with Gasteiger partial charge in [-0.2, -0.15) is 0 Å². The summed E-state index contributed by atoms with van der Waals surface area (Å²) in [7, 11) is 1.80. The number of carbonyl (C=O) groups excluding carboxylic acids is 1. The van der Waals surface area contributed by atoms with Gasteiger partial charge >= 0.3 is 0 Å². The van der Waals surface area contributed by atoms with Crippen LogP contribution >= 0.6 is 0 Å². The zero-order valence-electron chi connectivity index (χ0n) is 17.0. The first-order chi connectivity index (χ1) is 15.2. The van der Waals surface area contributed by atoms with Crippen LogP contribution in [0.25, 0.3) is 22.8 Å². The summed E-state index contributed by atoms with van der Waals surface area (Å²) in [6, 6.07) is 11.0. The molecule has 0 saturated heterocycles. The predicted octanol–water partition coefficient (Wildman–Crippen LogP) is 3.17. The summed E-state index contributed by atoms with van der Waals surface area (Å²) in [5.74, 6) is 1.46. The molecule has 4 heterocycles. The molecule has 9 nitrogen and oxygen atoms in total. The van der Waals surface area contributed by atoms with Crippen LogP contribution in [0.15, 0.2) is 55.0 Å². The SMILES string of the molecule is Cn1cc(-c2ccc3c(c2)C(=O)Nc2cccc(n2)-c2nccn2CCCCO3)nn1. The Morgan fingerprint density at radius 3 is 2.94 bits per heavy atom. The van der Waals surface area contributed by atoms with Crippen LogP contribution in [0, 0.1) is 0 Å². The molecule has 1 N–H and O–H groups in total. The van der Waals surface area contributed by atoms with Gasteiger partial charge in [-0.25, -0.2) is 9.97 Å². The van der Waals surface area contributed by atoms with Gasteiger partial charge in [0.15, 0.2) is 5.82 Å². The van der Waals surface area contributed by atoms with E-state index in [0.29, 0.717) is 35.1 Å². The number of ether oxygens (including phenoxy) is 1. The fourth-order valence-electron chi connectivity index (χ4n) is 3.57. The molecule has 2 bridgehead atoms. The molecular weight excluding hydrogens is 394 g/mol. The number of aromatic nitrogens is 6. The molecule has 0 aliphatic carbocycles. The summed E-state index contributed by atoms with van der Waals surface area (Å²) < 4.78 is 9.67. The first-order valence-electron chi connectivity index (χ1n) is 10.1. The van der Waals surface area contributed by atoms with E-state index in [4.69, 9.17) is 4.74 Å². The third kappa shape index (κ3) is 3.89. The summed E-state index contributed by atoms with van der Waals surface area (Å²) in [4.78, 5) is 22.2. The molecule has 1 aliphatic heterocycles. The number of anilines is 1. The maximum Gasteiger partial charge on any atom is 0.260 e. The number of rotatable bonds is 1. The number of hydrogen-bond donors (Lipinski definition) is 1. The molecular formula is C22H21N7O2. The van der Waals surface area contributed by atoms with E-state index in [1.165, 1.54) is 0 Å². The van der Waals surface area contributed by atoms with Gasteiger partial charge in [0, 0.05) is 31.5 Å². The van der Waals surface area contributed by atoms with Gasteiger partial charge in [0.05, 0.1) is 18.4 Å². The van der Waals surface area contributed by atoms with Gasteiger partial charge in [0.25, 0.3) is 5.91 Å². The number of amides is 1. The molecule has 0 radical (unpaired) electrons. The molecule has 0 atom stereocenters. The zero-order valence-corrected chi connectivity index (χ0v) is 17.0. The van der Waals surface area contributed by atoms with Gasteiger partial charge in [-0.1, -0.05) is 11.3 Å². The Hall–Kier alpha value is -4.01. The number of carbonyl (C=O) groups is 1. The van der Waals surface area contributed by atoms with Crippen LogP contribution in [0.3, 0.4) is 0 Å². The molecule has 31 heavy (non-hydrogen) atoms. The van der Waals surface area contributed by atoms with E-state index in [1.54, 1.807) is 36.3 Å². The van der Waals surface area contributed by atoms with E-state index in [9.17, 15) is 4.79 Å². The number of fused-ring (bicyclic) bond motifs is 5. The Balaban J connectivity index is 1.54. The highest BCUT2D eigenvalue weighted by Gasteiger charge is 2.18. The smallest absolute Gasteiger partial charge is 0.260 e. The van der Waals surface area contributed by atoms with Crippen molar-refractivity contribution >= 4 is 11.7 Å². The molecule has 1 aromatic carbocycles. The average molecular weight is 415 g/mol. The number of nitrogens with one attached hydrogen (secondary N) is 1. The predicted molar refractivity (Wildman–Crippen MR) is 115 cm³/mol. The van der Waals surface area contributed by atoms with Crippen molar-refractivity contribution in [2.75, 3.05) is 11.9 Å². The van der Waals surface area contributed by atoms with E-state index in [0.717, 1.165) is 30.8 Å².